The molecule has 4 amide bonds. The van der Waals surface area contributed by atoms with E-state index in [9.17, 15) is 47.9 Å². The Morgan fingerprint density at radius 2 is 0.906 bits per heavy atom. The third-order valence-corrected chi connectivity index (χ3v) is 8.21. The second-order valence-electron chi connectivity index (χ2n) is 13.6. The van der Waals surface area contributed by atoms with Gasteiger partial charge in [0.15, 0.2) is 11.6 Å². The third kappa shape index (κ3) is 27.4. The van der Waals surface area contributed by atoms with Gasteiger partial charge in [0.25, 0.3) is 5.91 Å². The van der Waals surface area contributed by atoms with Gasteiger partial charge in [-0.2, -0.15) is 0 Å². The molecule has 0 atom stereocenters. The molecule has 0 saturated heterocycles. The Morgan fingerprint density at radius 3 is 1.31 bits per heavy atom. The summed E-state index contributed by atoms with van der Waals surface area (Å²) in [6, 6.07) is 12.8. The molecular weight excluding hydrogens is 848 g/mol. The van der Waals surface area contributed by atoms with Gasteiger partial charge < -0.3 is 59.8 Å². The van der Waals surface area contributed by atoms with Crippen LogP contribution in [0, 0.1) is 0 Å². The highest BCUT2D eigenvalue weighted by atomic mass is 16.5. The van der Waals surface area contributed by atoms with E-state index in [0.29, 0.717) is 48.6 Å². The van der Waals surface area contributed by atoms with Gasteiger partial charge in [-0.25, -0.2) is 0 Å². The van der Waals surface area contributed by atoms with Crippen LogP contribution in [-0.4, -0.2) is 168 Å². The van der Waals surface area contributed by atoms with Crippen molar-refractivity contribution in [2.45, 2.75) is 52.6 Å². The molecule has 0 saturated carbocycles. The molecule has 0 aliphatic heterocycles. The van der Waals surface area contributed by atoms with Gasteiger partial charge in [0.1, 0.15) is 26.1 Å². The van der Waals surface area contributed by atoms with Crippen molar-refractivity contribution in [1.29, 1.82) is 0 Å². The number of carbonyl (C=O) groups is 10. The molecule has 0 heterocycles. The molecule has 64 heavy (non-hydrogen) atoms. The van der Waals surface area contributed by atoms with E-state index in [1.165, 1.54) is 18.7 Å². The summed E-state index contributed by atoms with van der Waals surface area (Å²) in [5.41, 5.74) is 2.18. The minimum absolute atomic E-state index is 0.00709. The summed E-state index contributed by atoms with van der Waals surface area (Å²) in [6.07, 6.45) is -2.03. The number of hydrogen-bond acceptors (Lipinski definition) is 14. The molecule has 0 aromatic heterocycles. The summed E-state index contributed by atoms with van der Waals surface area (Å²) in [5, 5.41) is 40.4. The topological polar surface area (TPSA) is 319 Å². The standard InChI is InChI=1S/C27H39N3O12.C15H17NO6/c1-20(31)18-41-14-12-39-10-7-28-23(32)19-42-15-13-40-11-8-29-27(38)22-4-2-21(3-5-22)17-30(9-6-25(34)35)24(33)16-26(36)37;1-10(17)12-4-2-11(3-5-12)9-16(7-6-14(19)20)13(18)8-15(21)22/h2-5H,6-19H2,1H3,(H,28,32)(H,29,38)(H,34,35)(H,36,37);2-5H,6-9H2,1H3,(H,19,20)(H,21,22). The summed E-state index contributed by atoms with van der Waals surface area (Å²) in [4.78, 5) is 115. The largest absolute Gasteiger partial charge is 0.481 e. The van der Waals surface area contributed by atoms with Gasteiger partial charge in [0, 0.05) is 50.4 Å². The number of ketones is 2. The molecule has 352 valence electrons. The van der Waals surface area contributed by atoms with Crippen LogP contribution in [0.1, 0.15) is 71.4 Å². The molecule has 0 bridgehead atoms. The summed E-state index contributed by atoms with van der Waals surface area (Å²) >= 11 is 0. The van der Waals surface area contributed by atoms with E-state index in [0.717, 1.165) is 4.90 Å². The van der Waals surface area contributed by atoms with Crippen LogP contribution < -0.4 is 10.6 Å². The highest BCUT2D eigenvalue weighted by Crippen LogP contribution is 2.12. The van der Waals surface area contributed by atoms with Gasteiger partial charge in [-0.15, -0.1) is 0 Å². The first kappa shape index (κ1) is 55.4. The number of rotatable bonds is 32. The number of aliphatic carboxylic acids is 4. The SMILES string of the molecule is CC(=O)COCCOCCNC(=O)COCCOCCNC(=O)c1ccc(CN(CCC(=O)O)C(=O)CC(=O)O)cc1.CC(=O)c1ccc(CN(CCC(=O)O)C(=O)CC(=O)O)cc1. The number of benzene rings is 2. The molecule has 0 aliphatic carbocycles. The van der Waals surface area contributed by atoms with Gasteiger partial charge in [0.05, 0.1) is 52.5 Å². The second-order valence-corrected chi connectivity index (χ2v) is 13.6. The van der Waals surface area contributed by atoms with Crippen molar-refractivity contribution in [3.05, 3.63) is 70.8 Å². The van der Waals surface area contributed by atoms with Crippen LogP contribution in [0.3, 0.4) is 0 Å². The lowest BCUT2D eigenvalue weighted by Crippen LogP contribution is -2.34. The maximum absolute atomic E-state index is 12.3. The van der Waals surface area contributed by atoms with Crippen molar-refractivity contribution < 1.29 is 87.3 Å². The molecule has 0 aliphatic rings. The van der Waals surface area contributed by atoms with Crippen LogP contribution >= 0.6 is 0 Å². The first-order valence-electron chi connectivity index (χ1n) is 19.8. The zero-order valence-corrected chi connectivity index (χ0v) is 35.7. The zero-order valence-electron chi connectivity index (χ0n) is 35.7. The van der Waals surface area contributed by atoms with Crippen LogP contribution in [0.2, 0.25) is 0 Å². The van der Waals surface area contributed by atoms with Crippen LogP contribution in [0.4, 0.5) is 0 Å². The average molecular weight is 905 g/mol. The predicted molar refractivity (Wildman–Crippen MR) is 222 cm³/mol. The molecule has 2 aromatic carbocycles. The minimum Gasteiger partial charge on any atom is -0.481 e. The number of ether oxygens (including phenoxy) is 4. The molecule has 2 rings (SSSR count). The van der Waals surface area contributed by atoms with Crippen LogP contribution in [0.15, 0.2) is 48.5 Å². The fraction of sp³-hybridized carbons (Fsp3) is 0.476. The van der Waals surface area contributed by atoms with Gasteiger partial charge in [-0.3, -0.25) is 47.9 Å². The van der Waals surface area contributed by atoms with Crippen molar-refractivity contribution in [2.75, 3.05) is 79.0 Å². The highest BCUT2D eigenvalue weighted by molar-refractivity contribution is 5.95. The average Bonchev–Trinajstić information content (AvgIpc) is 3.22. The Balaban J connectivity index is 0.000000779. The van der Waals surface area contributed by atoms with Crippen molar-refractivity contribution >= 4 is 59.1 Å². The molecule has 0 spiro atoms. The maximum atomic E-state index is 12.3. The quantitative estimate of drug-likeness (QED) is 0.0333. The molecule has 0 unspecified atom stereocenters. The van der Waals surface area contributed by atoms with E-state index in [1.807, 2.05) is 0 Å². The number of carboxylic acids is 4. The highest BCUT2D eigenvalue weighted by Gasteiger charge is 2.20. The van der Waals surface area contributed by atoms with Crippen molar-refractivity contribution in [3.8, 4) is 0 Å². The van der Waals surface area contributed by atoms with Gasteiger partial charge in [-0.1, -0.05) is 36.4 Å². The van der Waals surface area contributed by atoms with E-state index in [-0.39, 0.29) is 102 Å². The minimum atomic E-state index is -1.31. The molecular formula is C42H56N4O18. The second kappa shape index (κ2) is 32.1. The first-order valence-corrected chi connectivity index (χ1v) is 19.8. The summed E-state index contributed by atoms with van der Waals surface area (Å²) in [6.45, 7) is 4.76. The normalized spacial score (nSPS) is 10.4. The Labute approximate surface area is 368 Å². The Hall–Kier alpha value is -6.62. The smallest absolute Gasteiger partial charge is 0.312 e. The lowest BCUT2D eigenvalue weighted by molar-refractivity contribution is -0.147. The molecule has 22 nitrogen and oxygen atoms in total. The van der Waals surface area contributed by atoms with E-state index in [4.69, 9.17) is 39.4 Å². The number of carbonyl (C=O) groups excluding carboxylic acids is 6. The number of hydrogen-bond donors (Lipinski definition) is 6. The number of carboxylic acid groups (broad SMARTS) is 4. The number of Topliss-reactive ketones (excluding diaryl/α,β-unsaturated/α-hetero) is 2. The predicted octanol–water partition coefficient (Wildman–Crippen LogP) is 0.633. The van der Waals surface area contributed by atoms with Crippen LogP contribution in [0.5, 0.6) is 0 Å². The summed E-state index contributed by atoms with van der Waals surface area (Å²) in [5.74, 6) is -6.91. The molecule has 0 fully saturated rings. The van der Waals surface area contributed by atoms with E-state index < -0.39 is 48.5 Å². The van der Waals surface area contributed by atoms with Gasteiger partial charge >= 0.3 is 23.9 Å². The number of amides is 4. The first-order chi connectivity index (χ1) is 30.4. The summed E-state index contributed by atoms with van der Waals surface area (Å²) < 4.78 is 20.9. The van der Waals surface area contributed by atoms with Crippen molar-refractivity contribution in [3.63, 3.8) is 0 Å². The Bertz CT molecular complexity index is 1850. The van der Waals surface area contributed by atoms with Gasteiger partial charge in [-0.05, 0) is 37.1 Å². The maximum Gasteiger partial charge on any atom is 0.312 e. The van der Waals surface area contributed by atoms with E-state index in [2.05, 4.69) is 10.6 Å². The lowest BCUT2D eigenvalue weighted by atomic mass is 10.1. The zero-order chi connectivity index (χ0) is 47.9. The Kier molecular flexibility index (Phi) is 27.8. The Morgan fingerprint density at radius 1 is 0.500 bits per heavy atom. The fourth-order valence-corrected chi connectivity index (χ4v) is 5.05. The van der Waals surface area contributed by atoms with Crippen LogP contribution in [0.25, 0.3) is 0 Å². The van der Waals surface area contributed by atoms with Crippen LogP contribution in [-0.2, 0) is 70.4 Å². The lowest BCUT2D eigenvalue weighted by Gasteiger charge is -2.21. The third-order valence-electron chi connectivity index (χ3n) is 8.21. The molecule has 2 aromatic rings. The fourth-order valence-electron chi connectivity index (χ4n) is 5.05. The van der Waals surface area contributed by atoms with Crippen molar-refractivity contribution in [1.82, 2.24) is 20.4 Å². The van der Waals surface area contributed by atoms with E-state index >= 15 is 0 Å². The number of nitrogens with one attached hydrogen (secondary N) is 2. The molecule has 6 N–H and O–H groups in total. The number of nitrogens with zero attached hydrogens (tertiary/aromatic N) is 2. The van der Waals surface area contributed by atoms with Gasteiger partial charge in [0.2, 0.25) is 17.7 Å². The molecule has 0 radical (unpaired) electrons. The monoisotopic (exact) mass is 904 g/mol. The van der Waals surface area contributed by atoms with Crippen molar-refractivity contribution in [2.24, 2.45) is 0 Å². The molecule has 22 heteroatoms. The van der Waals surface area contributed by atoms with E-state index in [1.54, 1.807) is 48.5 Å². The summed E-state index contributed by atoms with van der Waals surface area (Å²) in [7, 11) is 0.